The van der Waals surface area contributed by atoms with E-state index in [9.17, 15) is 0 Å². The average molecular weight is 504 g/mol. The average Bonchev–Trinajstić information content (AvgIpc) is 2.87. The van der Waals surface area contributed by atoms with Crippen LogP contribution in [0.15, 0.2) is 4.99 Å². The van der Waals surface area contributed by atoms with E-state index in [0.717, 1.165) is 69.7 Å². The SMILES string of the molecule is CCNC(=NCC1(CCOC)CCC1)NCCc1nnc2n1CCCCC2.I. The fraction of sp³-hybridized carbons (Fsp3) is 0.850. The largest absolute Gasteiger partial charge is 0.385 e. The summed E-state index contributed by atoms with van der Waals surface area (Å²) in [5.74, 6) is 3.18. The van der Waals surface area contributed by atoms with Gasteiger partial charge in [-0.25, -0.2) is 0 Å². The van der Waals surface area contributed by atoms with E-state index in [-0.39, 0.29) is 24.0 Å². The van der Waals surface area contributed by atoms with Gasteiger partial charge in [-0.15, -0.1) is 34.2 Å². The monoisotopic (exact) mass is 504 g/mol. The van der Waals surface area contributed by atoms with Crippen LogP contribution < -0.4 is 10.6 Å². The third kappa shape index (κ3) is 6.30. The van der Waals surface area contributed by atoms with Gasteiger partial charge >= 0.3 is 0 Å². The Kier molecular flexibility index (Phi) is 9.98. The zero-order chi connectivity index (χ0) is 19.0. The molecule has 1 aliphatic carbocycles. The zero-order valence-corrected chi connectivity index (χ0v) is 19.8. The number of methoxy groups -OCH3 is 1. The van der Waals surface area contributed by atoms with Crippen LogP contribution in [0.4, 0.5) is 0 Å². The Morgan fingerprint density at radius 1 is 1.18 bits per heavy atom. The molecule has 2 heterocycles. The molecule has 0 unspecified atom stereocenters. The molecule has 0 amide bonds. The number of hydrogen-bond donors (Lipinski definition) is 2. The first-order valence-corrected chi connectivity index (χ1v) is 10.7. The number of guanidine groups is 1. The molecule has 0 saturated heterocycles. The molecule has 0 spiro atoms. The van der Waals surface area contributed by atoms with Crippen LogP contribution in [0.5, 0.6) is 0 Å². The normalized spacial score (nSPS) is 18.4. The van der Waals surface area contributed by atoms with Crippen molar-refractivity contribution < 1.29 is 4.74 Å². The van der Waals surface area contributed by atoms with E-state index < -0.39 is 0 Å². The maximum Gasteiger partial charge on any atom is 0.191 e. The van der Waals surface area contributed by atoms with Gasteiger partial charge in [0.25, 0.3) is 0 Å². The summed E-state index contributed by atoms with van der Waals surface area (Å²) in [4.78, 5) is 4.88. The van der Waals surface area contributed by atoms with Gasteiger partial charge in [-0.05, 0) is 44.4 Å². The molecular weight excluding hydrogens is 467 g/mol. The minimum Gasteiger partial charge on any atom is -0.385 e. The van der Waals surface area contributed by atoms with E-state index in [2.05, 4.69) is 32.3 Å². The number of aromatic nitrogens is 3. The Hall–Kier alpha value is -0.900. The molecule has 1 aromatic heterocycles. The second-order valence-electron chi connectivity index (χ2n) is 7.96. The molecule has 0 atom stereocenters. The summed E-state index contributed by atoms with van der Waals surface area (Å²) in [6.07, 6.45) is 10.7. The summed E-state index contributed by atoms with van der Waals surface area (Å²) in [5.41, 5.74) is 0.350. The fourth-order valence-electron chi connectivity index (χ4n) is 4.09. The first-order chi connectivity index (χ1) is 13.3. The van der Waals surface area contributed by atoms with E-state index >= 15 is 0 Å². The van der Waals surface area contributed by atoms with Gasteiger partial charge < -0.3 is 19.9 Å². The standard InChI is InChI=1S/C20H36N6O.HI/c1-3-21-19(23-16-20(10-7-11-20)12-15-27-2)22-13-9-18-25-24-17-8-5-4-6-14-26(17)18;/h3-16H2,1-2H3,(H2,21,22,23);1H. The quantitative estimate of drug-likeness (QED) is 0.307. The van der Waals surface area contributed by atoms with Crippen molar-refractivity contribution in [2.75, 3.05) is 33.4 Å². The van der Waals surface area contributed by atoms with Crippen LogP contribution in [0.3, 0.4) is 0 Å². The van der Waals surface area contributed by atoms with Crippen LogP contribution in [-0.2, 0) is 24.1 Å². The number of aryl methyl sites for hydroxylation is 1. The van der Waals surface area contributed by atoms with Crippen LogP contribution in [-0.4, -0.2) is 54.1 Å². The molecular formula is C20H37IN6O. The molecule has 0 radical (unpaired) electrons. The maximum atomic E-state index is 5.29. The molecule has 8 heteroatoms. The van der Waals surface area contributed by atoms with Gasteiger partial charge in [0, 0.05) is 52.7 Å². The summed E-state index contributed by atoms with van der Waals surface area (Å²) < 4.78 is 7.62. The van der Waals surface area contributed by atoms with Crippen LogP contribution in [0.25, 0.3) is 0 Å². The van der Waals surface area contributed by atoms with Gasteiger partial charge in [0.1, 0.15) is 11.6 Å². The highest BCUT2D eigenvalue weighted by molar-refractivity contribution is 14.0. The predicted molar refractivity (Wildman–Crippen MR) is 123 cm³/mol. The second-order valence-corrected chi connectivity index (χ2v) is 7.96. The second kappa shape index (κ2) is 11.9. The molecule has 3 rings (SSSR count). The predicted octanol–water partition coefficient (Wildman–Crippen LogP) is 2.93. The fourth-order valence-corrected chi connectivity index (χ4v) is 4.09. The molecule has 0 aromatic carbocycles. The number of nitrogens with one attached hydrogen (secondary N) is 2. The van der Waals surface area contributed by atoms with Crippen molar-refractivity contribution in [2.24, 2.45) is 10.4 Å². The first kappa shape index (κ1) is 23.4. The van der Waals surface area contributed by atoms with Crippen LogP contribution in [0, 0.1) is 5.41 Å². The smallest absolute Gasteiger partial charge is 0.191 e. The zero-order valence-electron chi connectivity index (χ0n) is 17.5. The Morgan fingerprint density at radius 2 is 2.04 bits per heavy atom. The molecule has 1 fully saturated rings. The van der Waals surface area contributed by atoms with Crippen molar-refractivity contribution in [3.05, 3.63) is 11.6 Å². The van der Waals surface area contributed by atoms with Crippen molar-refractivity contribution in [1.29, 1.82) is 0 Å². The van der Waals surface area contributed by atoms with E-state index in [1.807, 2.05) is 0 Å². The van der Waals surface area contributed by atoms with Gasteiger partial charge in [0.15, 0.2) is 5.96 Å². The van der Waals surface area contributed by atoms with Crippen molar-refractivity contribution in [1.82, 2.24) is 25.4 Å². The van der Waals surface area contributed by atoms with E-state index in [0.29, 0.717) is 5.41 Å². The summed E-state index contributed by atoms with van der Waals surface area (Å²) >= 11 is 0. The highest BCUT2D eigenvalue weighted by Crippen LogP contribution is 2.44. The molecule has 0 bridgehead atoms. The van der Waals surface area contributed by atoms with Crippen molar-refractivity contribution >= 4 is 29.9 Å². The Balaban J connectivity index is 0.00000280. The van der Waals surface area contributed by atoms with Gasteiger partial charge in [-0.1, -0.05) is 12.8 Å². The minimum atomic E-state index is 0. The van der Waals surface area contributed by atoms with Gasteiger partial charge in [0.2, 0.25) is 0 Å². The minimum absolute atomic E-state index is 0. The number of halogens is 1. The molecule has 1 saturated carbocycles. The number of nitrogens with zero attached hydrogens (tertiary/aromatic N) is 4. The van der Waals surface area contributed by atoms with Crippen LogP contribution in [0.2, 0.25) is 0 Å². The lowest BCUT2D eigenvalue weighted by Gasteiger charge is -2.40. The first-order valence-electron chi connectivity index (χ1n) is 10.7. The molecule has 1 aliphatic heterocycles. The van der Waals surface area contributed by atoms with Crippen LogP contribution in [0.1, 0.15) is 63.5 Å². The molecule has 2 aliphatic rings. The molecule has 1 aromatic rings. The van der Waals surface area contributed by atoms with Crippen molar-refractivity contribution in [3.8, 4) is 0 Å². The summed E-state index contributed by atoms with van der Waals surface area (Å²) in [7, 11) is 1.78. The van der Waals surface area contributed by atoms with Gasteiger partial charge in [0.05, 0.1) is 0 Å². The lowest BCUT2D eigenvalue weighted by Crippen LogP contribution is -2.41. The van der Waals surface area contributed by atoms with Gasteiger partial charge in [-0.2, -0.15) is 0 Å². The topological polar surface area (TPSA) is 76.4 Å². The Bertz CT molecular complexity index is 614. The number of hydrogen-bond acceptors (Lipinski definition) is 4. The van der Waals surface area contributed by atoms with E-state index in [1.165, 1.54) is 38.5 Å². The molecule has 2 N–H and O–H groups in total. The number of fused-ring (bicyclic) bond motifs is 1. The number of aliphatic imine (C=N–C) groups is 1. The van der Waals surface area contributed by atoms with Gasteiger partial charge in [-0.3, -0.25) is 4.99 Å². The van der Waals surface area contributed by atoms with Crippen molar-refractivity contribution in [3.63, 3.8) is 0 Å². The summed E-state index contributed by atoms with van der Waals surface area (Å²) in [5, 5.41) is 15.7. The Morgan fingerprint density at radius 3 is 2.75 bits per heavy atom. The van der Waals surface area contributed by atoms with E-state index in [4.69, 9.17) is 9.73 Å². The lowest BCUT2D eigenvalue weighted by molar-refractivity contribution is 0.0778. The van der Waals surface area contributed by atoms with Crippen molar-refractivity contribution in [2.45, 2.75) is 71.3 Å². The summed E-state index contributed by atoms with van der Waals surface area (Å²) in [6, 6.07) is 0. The third-order valence-corrected chi connectivity index (χ3v) is 5.99. The molecule has 160 valence electrons. The Labute approximate surface area is 186 Å². The molecule has 7 nitrogen and oxygen atoms in total. The maximum absolute atomic E-state index is 5.29. The summed E-state index contributed by atoms with van der Waals surface area (Å²) in [6.45, 7) is 6.59. The highest BCUT2D eigenvalue weighted by Gasteiger charge is 2.36. The number of ether oxygens (including phenoxy) is 1. The third-order valence-electron chi connectivity index (χ3n) is 5.99. The van der Waals surface area contributed by atoms with Crippen LogP contribution >= 0.6 is 24.0 Å². The number of rotatable bonds is 9. The molecule has 28 heavy (non-hydrogen) atoms. The highest BCUT2D eigenvalue weighted by atomic mass is 127. The lowest BCUT2D eigenvalue weighted by atomic mass is 9.67. The van der Waals surface area contributed by atoms with E-state index in [1.54, 1.807) is 7.11 Å².